The maximum atomic E-state index is 11.4. The van der Waals surface area contributed by atoms with Crippen molar-refractivity contribution in [3.8, 4) is 5.75 Å². The van der Waals surface area contributed by atoms with Crippen LogP contribution in [0.1, 0.15) is 0 Å². The van der Waals surface area contributed by atoms with Crippen molar-refractivity contribution in [2.24, 2.45) is 0 Å². The summed E-state index contributed by atoms with van der Waals surface area (Å²) in [5.74, 6) is -0.412. The minimum atomic E-state index is -0.626. The van der Waals surface area contributed by atoms with Gasteiger partial charge in [0, 0.05) is 6.54 Å². The first-order valence-electron chi connectivity index (χ1n) is 5.30. The average molecular weight is 303 g/mol. The molecule has 3 amide bonds. The molecule has 0 fully saturated rings. The van der Waals surface area contributed by atoms with Gasteiger partial charge in [-0.2, -0.15) is 0 Å². The van der Waals surface area contributed by atoms with Gasteiger partial charge < -0.3 is 10.1 Å². The molecule has 0 heterocycles. The normalized spacial score (nSPS) is 9.58. The summed E-state index contributed by atoms with van der Waals surface area (Å²) in [6.07, 6.45) is 1.49. The van der Waals surface area contributed by atoms with Gasteiger partial charge in [0.15, 0.2) is 12.4 Å². The third-order valence-electron chi connectivity index (χ3n) is 1.93. The zero-order chi connectivity index (χ0) is 14.3. The van der Waals surface area contributed by atoms with E-state index in [2.05, 4.69) is 17.2 Å². The van der Waals surface area contributed by atoms with Gasteiger partial charge in [0.05, 0.1) is 10.0 Å². The fourth-order valence-corrected chi connectivity index (χ4v) is 1.64. The number of ether oxygens (including phenoxy) is 1. The standard InChI is InChI=1S/C12H12Cl2N2O3/c1-2-6-15-12(18)16-10(17)7-19-11-8(13)4-3-5-9(11)14/h2-5H,1,6-7H2,(H2,15,16,17,18). The first kappa shape index (κ1) is 15.3. The molecule has 0 spiro atoms. The number of hydrogen-bond acceptors (Lipinski definition) is 3. The van der Waals surface area contributed by atoms with Crippen LogP contribution in [0.15, 0.2) is 30.9 Å². The van der Waals surface area contributed by atoms with E-state index >= 15 is 0 Å². The Labute approximate surface area is 120 Å². The van der Waals surface area contributed by atoms with Gasteiger partial charge in [-0.3, -0.25) is 10.1 Å². The second-order valence-electron chi connectivity index (χ2n) is 3.39. The van der Waals surface area contributed by atoms with Crippen LogP contribution in [-0.4, -0.2) is 25.1 Å². The highest BCUT2D eigenvalue weighted by Gasteiger charge is 2.11. The first-order chi connectivity index (χ1) is 9.04. The van der Waals surface area contributed by atoms with Crippen molar-refractivity contribution in [2.75, 3.05) is 13.2 Å². The molecule has 0 atom stereocenters. The largest absolute Gasteiger partial charge is 0.481 e. The summed E-state index contributed by atoms with van der Waals surface area (Å²) < 4.78 is 5.16. The Morgan fingerprint density at radius 2 is 1.95 bits per heavy atom. The molecule has 5 nitrogen and oxygen atoms in total. The van der Waals surface area contributed by atoms with E-state index in [1.807, 2.05) is 0 Å². The van der Waals surface area contributed by atoms with Crippen molar-refractivity contribution in [1.29, 1.82) is 0 Å². The molecular weight excluding hydrogens is 291 g/mol. The second-order valence-corrected chi connectivity index (χ2v) is 4.20. The number of imide groups is 1. The number of rotatable bonds is 5. The minimum absolute atomic E-state index is 0.201. The molecule has 0 unspecified atom stereocenters. The summed E-state index contributed by atoms with van der Waals surface area (Å²) in [5.41, 5.74) is 0. The predicted molar refractivity (Wildman–Crippen MR) is 73.7 cm³/mol. The van der Waals surface area contributed by atoms with Gasteiger partial charge in [0.25, 0.3) is 5.91 Å². The van der Waals surface area contributed by atoms with Crippen molar-refractivity contribution < 1.29 is 14.3 Å². The van der Waals surface area contributed by atoms with E-state index in [0.717, 1.165) is 0 Å². The van der Waals surface area contributed by atoms with E-state index in [1.165, 1.54) is 6.08 Å². The van der Waals surface area contributed by atoms with E-state index in [0.29, 0.717) is 0 Å². The molecule has 1 aromatic carbocycles. The molecule has 0 aliphatic heterocycles. The van der Waals surface area contributed by atoms with Crippen molar-refractivity contribution >= 4 is 35.1 Å². The molecular formula is C12H12Cl2N2O3. The fraction of sp³-hybridized carbons (Fsp3) is 0.167. The van der Waals surface area contributed by atoms with Crippen LogP contribution in [0.4, 0.5) is 4.79 Å². The number of carbonyl (C=O) groups is 2. The molecule has 0 aliphatic rings. The Kier molecular flexibility index (Phi) is 6.18. The van der Waals surface area contributed by atoms with Gasteiger partial charge in [-0.25, -0.2) is 4.79 Å². The maximum absolute atomic E-state index is 11.4. The molecule has 1 rings (SSSR count). The van der Waals surface area contributed by atoms with Crippen molar-refractivity contribution in [3.05, 3.63) is 40.9 Å². The average Bonchev–Trinajstić information content (AvgIpc) is 2.35. The number of benzene rings is 1. The van der Waals surface area contributed by atoms with Crippen LogP contribution in [0.25, 0.3) is 0 Å². The fourth-order valence-electron chi connectivity index (χ4n) is 1.13. The summed E-state index contributed by atoms with van der Waals surface area (Å²) in [6.45, 7) is 3.32. The molecule has 7 heteroatoms. The van der Waals surface area contributed by atoms with Crippen LogP contribution in [0.3, 0.4) is 0 Å². The Morgan fingerprint density at radius 1 is 1.32 bits per heavy atom. The zero-order valence-electron chi connectivity index (χ0n) is 9.91. The molecule has 102 valence electrons. The van der Waals surface area contributed by atoms with E-state index in [-0.39, 0.29) is 28.9 Å². The molecule has 0 aliphatic carbocycles. The molecule has 0 radical (unpaired) electrons. The molecule has 2 N–H and O–H groups in total. The summed E-state index contributed by atoms with van der Waals surface area (Å²) in [5, 5.41) is 5.04. The molecule has 19 heavy (non-hydrogen) atoms. The Hall–Kier alpha value is -1.72. The molecule has 0 saturated heterocycles. The minimum Gasteiger partial charge on any atom is -0.481 e. The van der Waals surface area contributed by atoms with E-state index in [9.17, 15) is 9.59 Å². The van der Waals surface area contributed by atoms with Crippen LogP contribution in [0.2, 0.25) is 10.0 Å². The molecule has 1 aromatic rings. The highest BCUT2D eigenvalue weighted by atomic mass is 35.5. The number of hydrogen-bond donors (Lipinski definition) is 2. The number of amides is 3. The van der Waals surface area contributed by atoms with Gasteiger partial charge in [-0.05, 0) is 12.1 Å². The Morgan fingerprint density at radius 3 is 2.53 bits per heavy atom. The lowest BCUT2D eigenvalue weighted by molar-refractivity contribution is -0.121. The highest BCUT2D eigenvalue weighted by molar-refractivity contribution is 6.37. The van der Waals surface area contributed by atoms with Gasteiger partial charge in [0.2, 0.25) is 0 Å². The van der Waals surface area contributed by atoms with Crippen molar-refractivity contribution in [2.45, 2.75) is 0 Å². The number of nitrogens with one attached hydrogen (secondary N) is 2. The number of urea groups is 1. The highest BCUT2D eigenvalue weighted by Crippen LogP contribution is 2.32. The van der Waals surface area contributed by atoms with Crippen LogP contribution in [0, 0.1) is 0 Å². The predicted octanol–water partition coefficient (Wildman–Crippen LogP) is 2.38. The van der Waals surface area contributed by atoms with Crippen LogP contribution >= 0.6 is 23.2 Å². The zero-order valence-corrected chi connectivity index (χ0v) is 11.4. The second kappa shape index (κ2) is 7.66. The van der Waals surface area contributed by atoms with Gasteiger partial charge in [-0.15, -0.1) is 6.58 Å². The van der Waals surface area contributed by atoms with E-state index in [1.54, 1.807) is 18.2 Å². The first-order valence-corrected chi connectivity index (χ1v) is 6.05. The summed E-state index contributed by atoms with van der Waals surface area (Å²) in [6, 6.07) is 4.19. The number of halogens is 2. The number of para-hydroxylation sites is 1. The van der Waals surface area contributed by atoms with Crippen LogP contribution < -0.4 is 15.4 Å². The van der Waals surface area contributed by atoms with Gasteiger partial charge >= 0.3 is 6.03 Å². The summed E-state index contributed by atoms with van der Waals surface area (Å²) >= 11 is 11.7. The lowest BCUT2D eigenvalue weighted by Crippen LogP contribution is -2.41. The third kappa shape index (κ3) is 5.19. The quantitative estimate of drug-likeness (QED) is 0.821. The van der Waals surface area contributed by atoms with Gasteiger partial charge in [-0.1, -0.05) is 35.3 Å². The van der Waals surface area contributed by atoms with Crippen molar-refractivity contribution in [3.63, 3.8) is 0 Å². The molecule has 0 bridgehead atoms. The van der Waals surface area contributed by atoms with E-state index < -0.39 is 11.9 Å². The summed E-state index contributed by atoms with van der Waals surface area (Å²) in [4.78, 5) is 22.6. The Bertz CT molecular complexity index is 472. The van der Waals surface area contributed by atoms with Crippen LogP contribution in [0.5, 0.6) is 5.75 Å². The summed E-state index contributed by atoms with van der Waals surface area (Å²) in [7, 11) is 0. The van der Waals surface area contributed by atoms with E-state index in [4.69, 9.17) is 27.9 Å². The number of carbonyl (C=O) groups excluding carboxylic acids is 2. The SMILES string of the molecule is C=CCNC(=O)NC(=O)COc1c(Cl)cccc1Cl. The lowest BCUT2D eigenvalue weighted by atomic mass is 10.3. The molecule has 0 aromatic heterocycles. The third-order valence-corrected chi connectivity index (χ3v) is 2.52. The topological polar surface area (TPSA) is 67.4 Å². The molecule has 0 saturated carbocycles. The maximum Gasteiger partial charge on any atom is 0.321 e. The lowest BCUT2D eigenvalue weighted by Gasteiger charge is -2.09. The van der Waals surface area contributed by atoms with Crippen LogP contribution in [-0.2, 0) is 4.79 Å². The monoisotopic (exact) mass is 302 g/mol. The van der Waals surface area contributed by atoms with Gasteiger partial charge in [0.1, 0.15) is 0 Å². The smallest absolute Gasteiger partial charge is 0.321 e. The van der Waals surface area contributed by atoms with Crippen molar-refractivity contribution in [1.82, 2.24) is 10.6 Å². The Balaban J connectivity index is 2.46.